The van der Waals surface area contributed by atoms with Crippen LogP contribution >= 0.6 is 0 Å². The van der Waals surface area contributed by atoms with Crippen LogP contribution in [0.3, 0.4) is 0 Å². The molecule has 0 spiro atoms. The highest BCUT2D eigenvalue weighted by atomic mass is 16.3. The maximum Gasteiger partial charge on any atom is 0.226 e. The molecule has 1 unspecified atom stereocenters. The number of nitrogens with one attached hydrogen (secondary N) is 1. The summed E-state index contributed by atoms with van der Waals surface area (Å²) in [7, 11) is 1.87. The predicted octanol–water partition coefficient (Wildman–Crippen LogP) is 0.892. The summed E-state index contributed by atoms with van der Waals surface area (Å²) in [5, 5.41) is 12.5. The number of amides is 1. The van der Waals surface area contributed by atoms with Crippen LogP contribution in [0.4, 0.5) is 0 Å². The van der Waals surface area contributed by atoms with E-state index in [1.807, 2.05) is 31.0 Å². The number of carbonyl (C=O) groups excluding carboxylic acids is 1. The number of phenols is 1. The maximum absolute atomic E-state index is 12.2. The summed E-state index contributed by atoms with van der Waals surface area (Å²) in [5.74, 6) is 0.580. The molecule has 116 valence electrons. The molecule has 1 atom stereocenters. The molecular formula is C16H25N3O2. The molecule has 2 rings (SSSR count). The van der Waals surface area contributed by atoms with Crippen LogP contribution in [0.5, 0.6) is 5.75 Å². The minimum atomic E-state index is 0.0348. The number of carbonyl (C=O) groups is 1. The van der Waals surface area contributed by atoms with E-state index in [1.54, 1.807) is 12.1 Å². The van der Waals surface area contributed by atoms with Gasteiger partial charge in [-0.2, -0.15) is 0 Å². The summed E-state index contributed by atoms with van der Waals surface area (Å²) < 4.78 is 0. The Kier molecular flexibility index (Phi) is 5.59. The molecule has 0 bridgehead atoms. The Labute approximate surface area is 126 Å². The number of hydrogen-bond donors (Lipinski definition) is 2. The first-order chi connectivity index (χ1) is 10.1. The van der Waals surface area contributed by atoms with Gasteiger partial charge in [-0.25, -0.2) is 0 Å². The van der Waals surface area contributed by atoms with Gasteiger partial charge in [0, 0.05) is 45.2 Å². The van der Waals surface area contributed by atoms with Crippen molar-refractivity contribution < 1.29 is 9.90 Å². The van der Waals surface area contributed by atoms with E-state index in [4.69, 9.17) is 0 Å². The van der Waals surface area contributed by atoms with Gasteiger partial charge in [0.15, 0.2) is 0 Å². The highest BCUT2D eigenvalue weighted by molar-refractivity contribution is 5.78. The van der Waals surface area contributed by atoms with E-state index < -0.39 is 0 Å². The predicted molar refractivity (Wildman–Crippen MR) is 83.1 cm³/mol. The van der Waals surface area contributed by atoms with E-state index in [1.165, 1.54) is 0 Å². The molecule has 1 saturated heterocycles. The van der Waals surface area contributed by atoms with Gasteiger partial charge in [-0.15, -0.1) is 0 Å². The summed E-state index contributed by atoms with van der Waals surface area (Å²) in [6.07, 6.45) is 0. The fourth-order valence-corrected chi connectivity index (χ4v) is 2.74. The quantitative estimate of drug-likeness (QED) is 0.846. The van der Waals surface area contributed by atoms with Crippen molar-refractivity contribution >= 4 is 5.91 Å². The van der Waals surface area contributed by atoms with Crippen LogP contribution in [0.1, 0.15) is 12.5 Å². The van der Waals surface area contributed by atoms with Crippen LogP contribution in [0.2, 0.25) is 0 Å². The van der Waals surface area contributed by atoms with Crippen molar-refractivity contribution in [2.75, 3.05) is 39.8 Å². The monoisotopic (exact) mass is 291 g/mol. The number of phenolic OH excluding ortho intramolecular Hbond substituents is 1. The van der Waals surface area contributed by atoms with Crippen LogP contribution in [-0.2, 0) is 11.3 Å². The van der Waals surface area contributed by atoms with E-state index in [0.29, 0.717) is 5.75 Å². The molecule has 1 aliphatic heterocycles. The second-order valence-corrected chi connectivity index (χ2v) is 5.73. The topological polar surface area (TPSA) is 55.8 Å². The molecule has 1 amide bonds. The summed E-state index contributed by atoms with van der Waals surface area (Å²) in [5.41, 5.74) is 1.11. The third-order valence-electron chi connectivity index (χ3n) is 3.93. The number of hydrogen-bond acceptors (Lipinski definition) is 4. The lowest BCUT2D eigenvalue weighted by Gasteiger charge is -2.36. The first-order valence-electron chi connectivity index (χ1n) is 7.54. The van der Waals surface area contributed by atoms with Gasteiger partial charge in [-0.1, -0.05) is 19.1 Å². The molecule has 1 fully saturated rings. The Morgan fingerprint density at radius 1 is 1.33 bits per heavy atom. The van der Waals surface area contributed by atoms with Crippen molar-refractivity contribution in [1.29, 1.82) is 0 Å². The van der Waals surface area contributed by atoms with E-state index in [-0.39, 0.29) is 11.8 Å². The number of rotatable bonds is 5. The van der Waals surface area contributed by atoms with Gasteiger partial charge in [-0.05, 0) is 24.7 Å². The second-order valence-electron chi connectivity index (χ2n) is 5.73. The smallest absolute Gasteiger partial charge is 0.226 e. The zero-order chi connectivity index (χ0) is 15.2. The molecule has 1 aromatic carbocycles. The minimum Gasteiger partial charge on any atom is -0.508 e. The SMILES string of the molecule is CNCC(C)C(=O)N1CCN(Cc2cccc(O)c2)CC1. The average Bonchev–Trinajstić information content (AvgIpc) is 2.47. The number of nitrogens with zero attached hydrogens (tertiary/aromatic N) is 2. The molecule has 0 aliphatic carbocycles. The summed E-state index contributed by atoms with van der Waals surface area (Å²) >= 11 is 0. The number of piperazine rings is 1. The third kappa shape index (κ3) is 4.44. The van der Waals surface area contributed by atoms with Crippen LogP contribution in [-0.4, -0.2) is 60.6 Å². The van der Waals surface area contributed by atoms with Gasteiger partial charge in [0.2, 0.25) is 5.91 Å². The van der Waals surface area contributed by atoms with Gasteiger partial charge in [0.25, 0.3) is 0 Å². The second kappa shape index (κ2) is 7.43. The molecular weight excluding hydrogens is 266 g/mol. The van der Waals surface area contributed by atoms with Crippen molar-refractivity contribution in [3.63, 3.8) is 0 Å². The van der Waals surface area contributed by atoms with Crippen LogP contribution in [0, 0.1) is 5.92 Å². The minimum absolute atomic E-state index is 0.0348. The van der Waals surface area contributed by atoms with E-state index in [0.717, 1.165) is 44.8 Å². The van der Waals surface area contributed by atoms with Gasteiger partial charge in [0.1, 0.15) is 5.75 Å². The van der Waals surface area contributed by atoms with Crippen molar-refractivity contribution in [3.05, 3.63) is 29.8 Å². The van der Waals surface area contributed by atoms with Crippen molar-refractivity contribution in [2.24, 2.45) is 5.92 Å². The molecule has 2 N–H and O–H groups in total. The van der Waals surface area contributed by atoms with Crippen molar-refractivity contribution in [1.82, 2.24) is 15.1 Å². The molecule has 0 aromatic heterocycles. The van der Waals surface area contributed by atoms with Gasteiger partial charge in [-0.3, -0.25) is 9.69 Å². The van der Waals surface area contributed by atoms with E-state index in [9.17, 15) is 9.90 Å². The maximum atomic E-state index is 12.2. The number of aromatic hydroxyl groups is 1. The van der Waals surface area contributed by atoms with E-state index in [2.05, 4.69) is 10.2 Å². The molecule has 0 radical (unpaired) electrons. The molecule has 1 aromatic rings. The third-order valence-corrected chi connectivity index (χ3v) is 3.93. The molecule has 5 heteroatoms. The Morgan fingerprint density at radius 2 is 2.05 bits per heavy atom. The summed E-state index contributed by atoms with van der Waals surface area (Å²) in [6, 6.07) is 7.37. The average molecular weight is 291 g/mol. The van der Waals surface area contributed by atoms with Crippen LogP contribution in [0.25, 0.3) is 0 Å². The van der Waals surface area contributed by atoms with Crippen LogP contribution in [0.15, 0.2) is 24.3 Å². The van der Waals surface area contributed by atoms with Crippen molar-refractivity contribution in [3.8, 4) is 5.75 Å². The Hall–Kier alpha value is -1.59. The standard InChI is InChI=1S/C16H25N3O2/c1-13(11-17-2)16(21)19-8-6-18(7-9-19)12-14-4-3-5-15(20)10-14/h3-5,10,13,17,20H,6-9,11-12H2,1-2H3. The van der Waals surface area contributed by atoms with E-state index >= 15 is 0 Å². The van der Waals surface area contributed by atoms with Gasteiger partial charge in [0.05, 0.1) is 0 Å². The zero-order valence-electron chi connectivity index (χ0n) is 12.9. The lowest BCUT2D eigenvalue weighted by molar-refractivity contribution is -0.136. The lowest BCUT2D eigenvalue weighted by atomic mass is 10.1. The number of benzene rings is 1. The van der Waals surface area contributed by atoms with Gasteiger partial charge < -0.3 is 15.3 Å². The lowest BCUT2D eigenvalue weighted by Crippen LogP contribution is -2.50. The highest BCUT2D eigenvalue weighted by Gasteiger charge is 2.24. The van der Waals surface area contributed by atoms with Crippen LogP contribution < -0.4 is 5.32 Å². The molecule has 5 nitrogen and oxygen atoms in total. The normalized spacial score (nSPS) is 17.7. The highest BCUT2D eigenvalue weighted by Crippen LogP contribution is 2.15. The first kappa shape index (κ1) is 15.8. The zero-order valence-corrected chi connectivity index (χ0v) is 12.9. The fourth-order valence-electron chi connectivity index (χ4n) is 2.74. The molecule has 1 heterocycles. The Balaban J connectivity index is 1.82. The molecule has 0 saturated carbocycles. The Bertz CT molecular complexity index is 470. The fraction of sp³-hybridized carbons (Fsp3) is 0.562. The Morgan fingerprint density at radius 3 is 2.67 bits per heavy atom. The molecule has 1 aliphatic rings. The molecule has 21 heavy (non-hydrogen) atoms. The first-order valence-corrected chi connectivity index (χ1v) is 7.54. The summed E-state index contributed by atoms with van der Waals surface area (Å²) in [6.45, 7) is 6.85. The van der Waals surface area contributed by atoms with Crippen molar-refractivity contribution in [2.45, 2.75) is 13.5 Å². The summed E-state index contributed by atoms with van der Waals surface area (Å²) in [4.78, 5) is 16.5. The van der Waals surface area contributed by atoms with Gasteiger partial charge >= 0.3 is 0 Å². The largest absolute Gasteiger partial charge is 0.508 e.